The van der Waals surface area contributed by atoms with E-state index < -0.39 is 0 Å². The van der Waals surface area contributed by atoms with Crippen LogP contribution < -0.4 is 4.90 Å². The van der Waals surface area contributed by atoms with E-state index in [4.69, 9.17) is 0 Å². The first-order valence-electron chi connectivity index (χ1n) is 5.45. The van der Waals surface area contributed by atoms with Gasteiger partial charge in [-0.3, -0.25) is 4.79 Å². The lowest BCUT2D eigenvalue weighted by Gasteiger charge is -2.29. The Morgan fingerprint density at radius 1 is 1.38 bits per heavy atom. The van der Waals surface area contributed by atoms with Crippen LogP contribution in [0.5, 0.6) is 5.75 Å². The molecule has 16 heavy (non-hydrogen) atoms. The van der Waals surface area contributed by atoms with Gasteiger partial charge in [-0.25, -0.2) is 0 Å². The number of anilines is 1. The summed E-state index contributed by atoms with van der Waals surface area (Å²) in [4.78, 5) is 13.0. The minimum atomic E-state index is -0.199. The number of nitrogens with zero attached hydrogens (tertiary/aromatic N) is 1. The van der Waals surface area contributed by atoms with E-state index in [0.717, 1.165) is 35.2 Å². The van der Waals surface area contributed by atoms with Crippen molar-refractivity contribution in [2.24, 2.45) is 0 Å². The molecule has 86 valence electrons. The molecule has 1 heterocycles. The molecule has 0 bridgehead atoms. The molecular formula is C13H17NO2. The molecule has 0 atom stereocenters. The van der Waals surface area contributed by atoms with Gasteiger partial charge in [0.2, 0.25) is 6.41 Å². The monoisotopic (exact) mass is 219 g/mol. The van der Waals surface area contributed by atoms with Crippen molar-refractivity contribution in [3.05, 3.63) is 22.8 Å². The molecule has 1 amide bonds. The maximum absolute atomic E-state index is 11.2. The summed E-state index contributed by atoms with van der Waals surface area (Å²) >= 11 is 0. The summed E-state index contributed by atoms with van der Waals surface area (Å²) < 4.78 is 0. The van der Waals surface area contributed by atoms with Crippen molar-refractivity contribution >= 4 is 12.1 Å². The third kappa shape index (κ3) is 1.31. The largest absolute Gasteiger partial charge is 0.508 e. The first-order valence-corrected chi connectivity index (χ1v) is 5.45. The molecule has 1 aromatic rings. The van der Waals surface area contributed by atoms with Gasteiger partial charge in [0.15, 0.2) is 0 Å². The Bertz CT molecular complexity index is 463. The average Bonchev–Trinajstić information content (AvgIpc) is 2.44. The maximum atomic E-state index is 11.2. The maximum Gasteiger partial charge on any atom is 0.214 e. The van der Waals surface area contributed by atoms with Crippen molar-refractivity contribution in [3.63, 3.8) is 0 Å². The Labute approximate surface area is 95.7 Å². The Morgan fingerprint density at radius 3 is 2.56 bits per heavy atom. The van der Waals surface area contributed by atoms with Gasteiger partial charge in [0.1, 0.15) is 5.75 Å². The number of fused-ring (bicyclic) bond motifs is 1. The number of benzene rings is 1. The van der Waals surface area contributed by atoms with Crippen molar-refractivity contribution in [2.45, 2.75) is 39.7 Å². The molecule has 0 unspecified atom stereocenters. The molecule has 0 saturated heterocycles. The molecule has 0 saturated carbocycles. The standard InChI is InChI=1S/C13H17NO2/c1-8-9(2)12-10(5-11(8)16)6-13(3,4)14(12)7-15/h5,7,16H,6H2,1-4H3. The second-order valence-corrected chi connectivity index (χ2v) is 5.12. The van der Waals surface area contributed by atoms with Gasteiger partial charge in [-0.2, -0.15) is 0 Å². The summed E-state index contributed by atoms with van der Waals surface area (Å²) in [5.74, 6) is 0.319. The Hall–Kier alpha value is -1.51. The van der Waals surface area contributed by atoms with Crippen LogP contribution >= 0.6 is 0 Å². The van der Waals surface area contributed by atoms with Crippen molar-refractivity contribution in [3.8, 4) is 5.75 Å². The van der Waals surface area contributed by atoms with Gasteiger partial charge in [-0.05, 0) is 56.9 Å². The third-order valence-electron chi connectivity index (χ3n) is 3.54. The molecule has 0 radical (unpaired) electrons. The molecule has 1 aliphatic rings. The van der Waals surface area contributed by atoms with E-state index in [1.807, 2.05) is 27.7 Å². The van der Waals surface area contributed by atoms with Crippen molar-refractivity contribution < 1.29 is 9.90 Å². The van der Waals surface area contributed by atoms with E-state index in [1.54, 1.807) is 11.0 Å². The van der Waals surface area contributed by atoms with Gasteiger partial charge in [0.25, 0.3) is 0 Å². The second kappa shape index (κ2) is 3.24. The molecule has 0 spiro atoms. The quantitative estimate of drug-likeness (QED) is 0.736. The molecule has 3 nitrogen and oxygen atoms in total. The van der Waals surface area contributed by atoms with Crippen LogP contribution in [0.1, 0.15) is 30.5 Å². The van der Waals surface area contributed by atoms with Crippen molar-refractivity contribution in [1.29, 1.82) is 0 Å². The molecule has 0 aromatic heterocycles. The highest BCUT2D eigenvalue weighted by Crippen LogP contribution is 2.43. The lowest BCUT2D eigenvalue weighted by atomic mass is 9.98. The Morgan fingerprint density at radius 2 is 2.00 bits per heavy atom. The number of phenolic OH excluding ortho intramolecular Hbond substituents is 1. The van der Waals surface area contributed by atoms with Crippen LogP contribution in [0.4, 0.5) is 5.69 Å². The molecule has 0 aliphatic carbocycles. The number of amides is 1. The number of hydrogen-bond donors (Lipinski definition) is 1. The number of rotatable bonds is 1. The second-order valence-electron chi connectivity index (χ2n) is 5.12. The predicted molar refractivity (Wildman–Crippen MR) is 63.9 cm³/mol. The van der Waals surface area contributed by atoms with E-state index in [0.29, 0.717) is 5.75 Å². The van der Waals surface area contributed by atoms with E-state index in [-0.39, 0.29) is 5.54 Å². The SMILES string of the molecule is Cc1c(O)cc2c(c1C)N(C=O)C(C)(C)C2. The summed E-state index contributed by atoms with van der Waals surface area (Å²) in [6, 6.07) is 1.78. The van der Waals surface area contributed by atoms with Crippen LogP contribution in [0.2, 0.25) is 0 Å². The lowest BCUT2D eigenvalue weighted by Crippen LogP contribution is -2.40. The zero-order valence-electron chi connectivity index (χ0n) is 10.2. The van der Waals surface area contributed by atoms with E-state index in [9.17, 15) is 9.90 Å². The highest BCUT2D eigenvalue weighted by Gasteiger charge is 2.37. The smallest absolute Gasteiger partial charge is 0.214 e. The van der Waals surface area contributed by atoms with Gasteiger partial charge in [-0.1, -0.05) is 0 Å². The number of phenols is 1. The van der Waals surface area contributed by atoms with Gasteiger partial charge in [-0.15, -0.1) is 0 Å². The molecular weight excluding hydrogens is 202 g/mol. The van der Waals surface area contributed by atoms with Crippen LogP contribution in [0, 0.1) is 13.8 Å². The fourth-order valence-electron chi connectivity index (χ4n) is 2.47. The number of hydrogen-bond acceptors (Lipinski definition) is 2. The number of carbonyl (C=O) groups is 1. The van der Waals surface area contributed by atoms with E-state index in [1.165, 1.54) is 0 Å². The highest BCUT2D eigenvalue weighted by molar-refractivity contribution is 5.85. The molecule has 1 aromatic carbocycles. The number of carbonyl (C=O) groups excluding carboxylic acids is 1. The first-order chi connectivity index (χ1) is 7.38. The van der Waals surface area contributed by atoms with Crippen LogP contribution in [-0.4, -0.2) is 17.1 Å². The summed E-state index contributed by atoms with van der Waals surface area (Å²) in [5, 5.41) is 9.79. The topological polar surface area (TPSA) is 40.5 Å². The Balaban J connectivity index is 2.69. The normalized spacial score (nSPS) is 17.4. The summed E-state index contributed by atoms with van der Waals surface area (Å²) in [7, 11) is 0. The fraction of sp³-hybridized carbons (Fsp3) is 0.462. The van der Waals surface area contributed by atoms with Gasteiger partial charge in [0.05, 0.1) is 5.69 Å². The third-order valence-corrected chi connectivity index (χ3v) is 3.54. The highest BCUT2D eigenvalue weighted by atomic mass is 16.3. The van der Waals surface area contributed by atoms with Crippen LogP contribution in [-0.2, 0) is 11.2 Å². The lowest BCUT2D eigenvalue weighted by molar-refractivity contribution is -0.108. The minimum Gasteiger partial charge on any atom is -0.508 e. The predicted octanol–water partition coefficient (Wildman–Crippen LogP) is 2.31. The summed E-state index contributed by atoms with van der Waals surface area (Å²) in [6.07, 6.45) is 1.67. The van der Waals surface area contributed by atoms with Gasteiger partial charge >= 0.3 is 0 Å². The zero-order valence-corrected chi connectivity index (χ0v) is 10.2. The summed E-state index contributed by atoms with van der Waals surface area (Å²) in [6.45, 7) is 7.89. The first kappa shape index (κ1) is 11.0. The molecule has 1 N–H and O–H groups in total. The number of aromatic hydroxyl groups is 1. The van der Waals surface area contributed by atoms with Crippen LogP contribution in [0.15, 0.2) is 6.07 Å². The van der Waals surface area contributed by atoms with E-state index >= 15 is 0 Å². The van der Waals surface area contributed by atoms with Crippen molar-refractivity contribution in [1.82, 2.24) is 0 Å². The molecule has 1 aliphatic heterocycles. The van der Waals surface area contributed by atoms with Crippen molar-refractivity contribution in [2.75, 3.05) is 4.90 Å². The molecule has 3 heteroatoms. The molecule has 0 fully saturated rings. The fourth-order valence-corrected chi connectivity index (χ4v) is 2.47. The zero-order chi connectivity index (χ0) is 12.1. The summed E-state index contributed by atoms with van der Waals surface area (Å²) in [5.41, 5.74) is 3.67. The van der Waals surface area contributed by atoms with E-state index in [2.05, 4.69) is 0 Å². The van der Waals surface area contributed by atoms with Crippen LogP contribution in [0.25, 0.3) is 0 Å². The Kier molecular flexibility index (Phi) is 2.22. The average molecular weight is 219 g/mol. The molecule has 2 rings (SSSR count). The van der Waals surface area contributed by atoms with Crippen LogP contribution in [0.3, 0.4) is 0 Å². The minimum absolute atomic E-state index is 0.199. The van der Waals surface area contributed by atoms with Gasteiger partial charge < -0.3 is 10.0 Å². The van der Waals surface area contributed by atoms with Gasteiger partial charge in [0, 0.05) is 5.54 Å².